The van der Waals surface area contributed by atoms with Crippen molar-refractivity contribution in [3.63, 3.8) is 0 Å². The second-order valence-corrected chi connectivity index (χ2v) is 14.7. The van der Waals surface area contributed by atoms with Gasteiger partial charge in [-0.1, -0.05) is 66.2 Å². The third kappa shape index (κ3) is 7.21. The number of urea groups is 1. The molecule has 2 fully saturated rings. The van der Waals surface area contributed by atoms with E-state index in [0.29, 0.717) is 54.8 Å². The van der Waals surface area contributed by atoms with Gasteiger partial charge in [-0.05, 0) is 58.7 Å². The Morgan fingerprint density at radius 2 is 1.60 bits per heavy atom. The van der Waals surface area contributed by atoms with Gasteiger partial charge in [0.05, 0.1) is 24.3 Å². The normalized spacial score (nSPS) is 18.5. The number of aromatic carboxylic acids is 1. The summed E-state index contributed by atoms with van der Waals surface area (Å²) in [6, 6.07) is 25.8. The number of aromatic nitrogens is 1. The fraction of sp³-hybridized carbons (Fsp3) is 0.195. The van der Waals surface area contributed by atoms with Gasteiger partial charge < -0.3 is 20.1 Å². The quantitative estimate of drug-likeness (QED) is 0.152. The van der Waals surface area contributed by atoms with E-state index in [4.69, 9.17) is 21.3 Å². The van der Waals surface area contributed by atoms with Crippen LogP contribution in [0.25, 0.3) is 22.3 Å². The van der Waals surface area contributed by atoms with Crippen LogP contribution in [-0.4, -0.2) is 89.6 Å². The van der Waals surface area contributed by atoms with Crippen LogP contribution in [0.4, 0.5) is 14.9 Å². The Hall–Kier alpha value is -5.89. The van der Waals surface area contributed by atoms with Crippen LogP contribution in [0.5, 0.6) is 0 Å². The zero-order valence-corrected chi connectivity index (χ0v) is 31.1. The predicted octanol–water partition coefficient (Wildman–Crippen LogP) is 7.11. The molecule has 0 aliphatic carbocycles. The summed E-state index contributed by atoms with van der Waals surface area (Å²) in [5.74, 6) is -1.57. The summed E-state index contributed by atoms with van der Waals surface area (Å²) in [5, 5.41) is 15.1. The van der Waals surface area contributed by atoms with Crippen LogP contribution < -0.4 is 10.2 Å². The Labute approximate surface area is 325 Å². The minimum atomic E-state index is -0.956. The molecular formula is C41H34ClFN6O5S. The molecule has 4 heterocycles. The molecule has 4 aromatic carbocycles. The third-order valence-electron chi connectivity index (χ3n) is 10.1. The fourth-order valence-electron chi connectivity index (χ4n) is 7.32. The Balaban J connectivity index is 0.982. The summed E-state index contributed by atoms with van der Waals surface area (Å²) in [5.41, 5.74) is 6.29. The molecule has 0 spiro atoms. The second-order valence-electron chi connectivity index (χ2n) is 13.4. The first-order valence-electron chi connectivity index (χ1n) is 17.5. The number of ether oxygens (including phenoxy) is 1. The molecule has 278 valence electrons. The van der Waals surface area contributed by atoms with Crippen LogP contribution in [0.3, 0.4) is 0 Å². The number of piperazine rings is 1. The van der Waals surface area contributed by atoms with Crippen molar-refractivity contribution in [3.05, 3.63) is 141 Å². The summed E-state index contributed by atoms with van der Waals surface area (Å²) in [7, 11) is 1.31. The Kier molecular flexibility index (Phi) is 9.91. The monoisotopic (exact) mass is 776 g/mol. The summed E-state index contributed by atoms with van der Waals surface area (Å²) >= 11 is 7.91. The molecule has 2 saturated heterocycles. The Morgan fingerprint density at radius 1 is 0.945 bits per heavy atom. The number of methoxy groups -OCH3 is 1. The number of fused-ring (bicyclic) bond motifs is 1. The van der Waals surface area contributed by atoms with Crippen molar-refractivity contribution in [2.45, 2.75) is 12.1 Å². The average Bonchev–Trinajstić information content (AvgIpc) is 3.86. The lowest BCUT2D eigenvalue weighted by atomic mass is 9.95. The van der Waals surface area contributed by atoms with Gasteiger partial charge in [-0.25, -0.2) is 23.8 Å². The molecule has 2 atom stereocenters. The van der Waals surface area contributed by atoms with Crippen molar-refractivity contribution in [2.24, 2.45) is 4.99 Å². The van der Waals surface area contributed by atoms with E-state index in [1.165, 1.54) is 36.6 Å². The van der Waals surface area contributed by atoms with E-state index >= 15 is 0 Å². The van der Waals surface area contributed by atoms with Gasteiger partial charge in [-0.2, -0.15) is 0 Å². The van der Waals surface area contributed by atoms with Crippen molar-refractivity contribution in [3.8, 4) is 22.3 Å². The number of esters is 1. The molecule has 5 aromatic rings. The zero-order valence-electron chi connectivity index (χ0n) is 29.5. The van der Waals surface area contributed by atoms with Gasteiger partial charge in [0.15, 0.2) is 10.8 Å². The Morgan fingerprint density at radius 3 is 2.20 bits per heavy atom. The summed E-state index contributed by atoms with van der Waals surface area (Å²) < 4.78 is 19.3. The maximum absolute atomic E-state index is 14.1. The van der Waals surface area contributed by atoms with Gasteiger partial charge in [-0.3, -0.25) is 14.8 Å². The zero-order chi connectivity index (χ0) is 38.2. The third-order valence-corrected chi connectivity index (χ3v) is 11.2. The Bertz CT molecular complexity index is 2330. The highest BCUT2D eigenvalue weighted by atomic mass is 35.5. The maximum Gasteiger partial charge on any atom is 0.338 e. The number of carboxylic acid groups (broad SMARTS) is 1. The smallest absolute Gasteiger partial charge is 0.338 e. The van der Waals surface area contributed by atoms with Gasteiger partial charge in [0.25, 0.3) is 0 Å². The number of benzene rings is 4. The predicted molar refractivity (Wildman–Crippen MR) is 209 cm³/mol. The SMILES string of the molecule is COC(=O)C1=C(CN2CCN3C(=O)N(c4ccc(-c5ccc(-c6ccc(C(=O)O)cc6)cc5)cc4)C[C@@H]3C2)NC(c2nccs2)=N[C@H]1c1ccc(F)cc1Cl. The summed E-state index contributed by atoms with van der Waals surface area (Å²) in [6.45, 7) is 2.48. The number of aliphatic imine (C=N–C) groups is 1. The molecule has 0 saturated carbocycles. The highest BCUT2D eigenvalue weighted by Crippen LogP contribution is 2.37. The number of carboxylic acids is 1. The van der Waals surface area contributed by atoms with E-state index < -0.39 is 23.8 Å². The second kappa shape index (κ2) is 15.1. The number of thiazole rings is 1. The lowest BCUT2D eigenvalue weighted by Gasteiger charge is -2.38. The number of anilines is 1. The average molecular weight is 777 g/mol. The number of carbonyl (C=O) groups excluding carboxylic acids is 2. The van der Waals surface area contributed by atoms with E-state index in [-0.39, 0.29) is 28.2 Å². The van der Waals surface area contributed by atoms with Crippen LogP contribution in [-0.2, 0) is 9.53 Å². The van der Waals surface area contributed by atoms with Crippen LogP contribution in [0.1, 0.15) is 27.0 Å². The molecule has 3 aliphatic rings. The van der Waals surface area contributed by atoms with Crippen molar-refractivity contribution >= 4 is 52.4 Å². The van der Waals surface area contributed by atoms with Crippen molar-refractivity contribution in [1.29, 1.82) is 0 Å². The van der Waals surface area contributed by atoms with E-state index in [9.17, 15) is 23.9 Å². The fourth-order valence-corrected chi connectivity index (χ4v) is 8.18. The molecule has 0 bridgehead atoms. The van der Waals surface area contributed by atoms with Crippen molar-refractivity contribution in [2.75, 3.05) is 44.7 Å². The van der Waals surface area contributed by atoms with Crippen molar-refractivity contribution in [1.82, 2.24) is 20.1 Å². The van der Waals surface area contributed by atoms with Crippen molar-refractivity contribution < 1.29 is 28.6 Å². The van der Waals surface area contributed by atoms with Crippen LogP contribution in [0.2, 0.25) is 5.02 Å². The molecule has 1 aromatic heterocycles. The number of nitrogens with one attached hydrogen (secondary N) is 1. The van der Waals surface area contributed by atoms with Crippen LogP contribution in [0.15, 0.2) is 119 Å². The topological polar surface area (TPSA) is 128 Å². The van der Waals surface area contributed by atoms with Gasteiger partial charge in [0.2, 0.25) is 0 Å². The standard InChI is InChI=1S/C41H34ClFN6O5S/c1-54-40(52)35-34(45-37(38-44-16-19-55-38)46-36(35)32-15-12-29(43)20-33(32)42)23-47-17-18-48-31(21-47)22-49(41(48)53)30-13-10-27(11-14-30)25-4-2-24(3-5-25)26-6-8-28(9-7-26)39(50)51/h2-16,19-20,31,36H,17-18,21-23H2,1H3,(H,45,46)(H,50,51)/t31-,36-/m0/s1. The first-order chi connectivity index (χ1) is 26.7. The number of amidine groups is 1. The number of carbonyl (C=O) groups is 3. The minimum absolute atomic E-state index is 0.0508. The molecule has 8 rings (SSSR count). The van der Waals surface area contributed by atoms with E-state index in [2.05, 4.69) is 15.2 Å². The molecule has 14 heteroatoms. The first-order valence-corrected chi connectivity index (χ1v) is 18.8. The lowest BCUT2D eigenvalue weighted by molar-refractivity contribution is -0.136. The number of halogens is 2. The molecule has 11 nitrogen and oxygen atoms in total. The van der Waals surface area contributed by atoms with Gasteiger partial charge >= 0.3 is 18.0 Å². The van der Waals surface area contributed by atoms with Gasteiger partial charge in [0, 0.05) is 66.3 Å². The maximum atomic E-state index is 14.1. The highest BCUT2D eigenvalue weighted by Gasteiger charge is 2.42. The van der Waals surface area contributed by atoms with Gasteiger partial charge in [0.1, 0.15) is 11.9 Å². The van der Waals surface area contributed by atoms with E-state index in [1.54, 1.807) is 35.4 Å². The number of rotatable bonds is 9. The lowest BCUT2D eigenvalue weighted by Crippen LogP contribution is -2.53. The number of hydrogen-bond donors (Lipinski definition) is 2. The molecule has 2 amide bonds. The van der Waals surface area contributed by atoms with Crippen LogP contribution in [0, 0.1) is 5.82 Å². The van der Waals surface area contributed by atoms with E-state index in [1.807, 2.05) is 58.8 Å². The minimum Gasteiger partial charge on any atom is -0.478 e. The molecule has 2 N–H and O–H groups in total. The van der Waals surface area contributed by atoms with Gasteiger partial charge in [-0.15, -0.1) is 11.3 Å². The molecule has 0 radical (unpaired) electrons. The van der Waals surface area contributed by atoms with Crippen LogP contribution >= 0.6 is 22.9 Å². The molecule has 3 aliphatic heterocycles. The number of nitrogens with zero attached hydrogens (tertiary/aromatic N) is 5. The summed E-state index contributed by atoms with van der Waals surface area (Å²) in [6.07, 6.45) is 1.67. The largest absolute Gasteiger partial charge is 0.478 e. The number of hydrogen-bond acceptors (Lipinski definition) is 9. The molecular weight excluding hydrogens is 743 g/mol. The molecule has 0 unspecified atom stereocenters. The molecule has 55 heavy (non-hydrogen) atoms. The first kappa shape index (κ1) is 36.1. The van der Waals surface area contributed by atoms with E-state index in [0.717, 1.165) is 27.9 Å². The highest BCUT2D eigenvalue weighted by molar-refractivity contribution is 7.11. The summed E-state index contributed by atoms with van der Waals surface area (Å²) in [4.78, 5) is 53.5. The number of amides is 2.